The molecule has 2 unspecified atom stereocenters. The second-order valence-electron chi connectivity index (χ2n) is 6.18. The number of hydrogen-bond acceptors (Lipinski definition) is 3. The molecule has 0 bridgehead atoms. The van der Waals surface area contributed by atoms with E-state index in [1.54, 1.807) is 23.7 Å². The highest BCUT2D eigenvalue weighted by molar-refractivity contribution is 9.10. The maximum Gasteiger partial charge on any atom is 0.261 e. The summed E-state index contributed by atoms with van der Waals surface area (Å²) in [4.78, 5) is 27.4. The number of amides is 2. The molecule has 1 saturated carbocycles. The Morgan fingerprint density at radius 2 is 2.21 bits per heavy atom. The number of nitrogens with zero attached hydrogens (tertiary/aromatic N) is 1. The van der Waals surface area contributed by atoms with E-state index in [1.165, 1.54) is 6.42 Å². The number of hydrogen-bond donors (Lipinski definition) is 1. The van der Waals surface area contributed by atoms with Gasteiger partial charge in [0.05, 0.1) is 4.91 Å². The summed E-state index contributed by atoms with van der Waals surface area (Å²) in [6.45, 7) is 0.146. The third-order valence-corrected chi connectivity index (χ3v) is 6.45. The number of carbonyl (C=O) groups excluding carboxylic acids is 2. The monoisotopic (exact) mass is 408 g/mol. The van der Waals surface area contributed by atoms with Crippen molar-refractivity contribution in [1.82, 2.24) is 10.2 Å². The van der Waals surface area contributed by atoms with Gasteiger partial charge < -0.3 is 10.2 Å². The van der Waals surface area contributed by atoms with E-state index < -0.39 is 0 Å². The molecule has 3 rings (SSSR count). The third-order valence-electron chi connectivity index (χ3n) is 4.56. The van der Waals surface area contributed by atoms with Crippen LogP contribution in [0.1, 0.15) is 31.2 Å². The largest absolute Gasteiger partial charge is 0.358 e. The number of carbonyl (C=O) groups is 2. The highest BCUT2D eigenvalue weighted by Crippen LogP contribution is 2.42. The lowest BCUT2D eigenvalue weighted by atomic mass is 9.93. The quantitative estimate of drug-likeness (QED) is 0.779. The third kappa shape index (κ3) is 3.86. The molecule has 1 aromatic rings. The SMILES string of the molecule is CNC(=O)CN1C(=O)/C(=C\c2cccc(Br)c2)SC2CCCCC21. The van der Waals surface area contributed by atoms with Gasteiger partial charge in [0.1, 0.15) is 6.54 Å². The molecule has 0 aromatic heterocycles. The molecule has 1 aliphatic heterocycles. The van der Waals surface area contributed by atoms with Gasteiger partial charge >= 0.3 is 0 Å². The Balaban J connectivity index is 1.90. The summed E-state index contributed by atoms with van der Waals surface area (Å²) in [5.41, 5.74) is 0.995. The van der Waals surface area contributed by atoms with Crippen LogP contribution in [-0.2, 0) is 9.59 Å². The second-order valence-corrected chi connectivity index (χ2v) is 8.37. The number of halogens is 1. The topological polar surface area (TPSA) is 49.4 Å². The molecule has 6 heteroatoms. The lowest BCUT2D eigenvalue weighted by molar-refractivity contribution is -0.135. The summed E-state index contributed by atoms with van der Waals surface area (Å²) in [5, 5.41) is 3.02. The molecule has 1 aromatic carbocycles. The number of benzene rings is 1. The average Bonchev–Trinajstić information content (AvgIpc) is 2.58. The van der Waals surface area contributed by atoms with Gasteiger partial charge in [-0.3, -0.25) is 9.59 Å². The second kappa shape index (κ2) is 7.74. The Labute approximate surface area is 155 Å². The first-order chi connectivity index (χ1) is 11.6. The van der Waals surface area contributed by atoms with Crippen LogP contribution >= 0.6 is 27.7 Å². The Morgan fingerprint density at radius 3 is 2.96 bits per heavy atom. The molecule has 2 aliphatic rings. The van der Waals surface area contributed by atoms with Gasteiger partial charge in [0.15, 0.2) is 0 Å². The standard InChI is InChI=1S/C18H21BrN2O2S/c1-20-17(22)11-21-14-7-2-3-8-15(14)24-16(18(21)23)10-12-5-4-6-13(19)9-12/h4-6,9-10,14-15H,2-3,7-8,11H2,1H3,(H,20,22)/b16-10+. The smallest absolute Gasteiger partial charge is 0.261 e. The Morgan fingerprint density at radius 1 is 1.42 bits per heavy atom. The van der Waals surface area contributed by atoms with Crippen molar-refractivity contribution in [2.45, 2.75) is 37.0 Å². The summed E-state index contributed by atoms with van der Waals surface area (Å²) in [7, 11) is 1.61. The minimum atomic E-state index is -0.110. The first-order valence-electron chi connectivity index (χ1n) is 8.24. The predicted octanol–water partition coefficient (Wildman–Crippen LogP) is 3.42. The van der Waals surface area contributed by atoms with E-state index in [1.807, 2.05) is 30.3 Å². The van der Waals surface area contributed by atoms with Gasteiger partial charge in [-0.15, -0.1) is 11.8 Å². The van der Waals surface area contributed by atoms with Crippen LogP contribution < -0.4 is 5.32 Å². The Kier molecular flexibility index (Phi) is 5.66. The zero-order valence-corrected chi connectivity index (χ0v) is 16.0. The lowest BCUT2D eigenvalue weighted by Gasteiger charge is -2.43. The van der Waals surface area contributed by atoms with E-state index in [0.29, 0.717) is 5.25 Å². The van der Waals surface area contributed by atoms with Gasteiger partial charge in [0.25, 0.3) is 5.91 Å². The van der Waals surface area contributed by atoms with Crippen molar-refractivity contribution in [3.8, 4) is 0 Å². The highest BCUT2D eigenvalue weighted by atomic mass is 79.9. The van der Waals surface area contributed by atoms with E-state index in [2.05, 4.69) is 21.2 Å². The van der Waals surface area contributed by atoms with Gasteiger partial charge in [-0.05, 0) is 36.6 Å². The van der Waals surface area contributed by atoms with Crippen molar-refractivity contribution in [3.05, 3.63) is 39.2 Å². The van der Waals surface area contributed by atoms with Crippen LogP contribution in [0.4, 0.5) is 0 Å². The molecular weight excluding hydrogens is 388 g/mol. The number of thioether (sulfide) groups is 1. The van der Waals surface area contributed by atoms with Crippen molar-refractivity contribution in [2.75, 3.05) is 13.6 Å². The van der Waals surface area contributed by atoms with E-state index >= 15 is 0 Å². The number of rotatable bonds is 3. The number of likely N-dealkylation sites (N-methyl/N-ethyl adjacent to an activating group) is 1. The zero-order valence-electron chi connectivity index (χ0n) is 13.6. The molecule has 2 amide bonds. The summed E-state index contributed by atoms with van der Waals surface area (Å²) >= 11 is 5.15. The molecule has 128 valence electrons. The van der Waals surface area contributed by atoms with Gasteiger partial charge in [-0.2, -0.15) is 0 Å². The Bertz CT molecular complexity index is 677. The van der Waals surface area contributed by atoms with Crippen LogP contribution in [-0.4, -0.2) is 41.6 Å². The van der Waals surface area contributed by atoms with E-state index in [9.17, 15) is 9.59 Å². The average molecular weight is 409 g/mol. The fourth-order valence-electron chi connectivity index (χ4n) is 3.34. The molecule has 1 saturated heterocycles. The number of fused-ring (bicyclic) bond motifs is 1. The van der Waals surface area contributed by atoms with Crippen molar-refractivity contribution in [1.29, 1.82) is 0 Å². The first kappa shape index (κ1) is 17.5. The van der Waals surface area contributed by atoms with E-state index in [0.717, 1.165) is 34.2 Å². The van der Waals surface area contributed by atoms with Crippen LogP contribution in [0.3, 0.4) is 0 Å². The normalized spacial score (nSPS) is 25.5. The van der Waals surface area contributed by atoms with E-state index in [4.69, 9.17) is 0 Å². The van der Waals surface area contributed by atoms with Gasteiger partial charge in [-0.25, -0.2) is 0 Å². The molecule has 1 aliphatic carbocycles. The number of nitrogens with one attached hydrogen (secondary N) is 1. The fraction of sp³-hybridized carbons (Fsp3) is 0.444. The van der Waals surface area contributed by atoms with Crippen LogP contribution in [0.25, 0.3) is 6.08 Å². The summed E-state index contributed by atoms with van der Waals surface area (Å²) in [5.74, 6) is -0.131. The van der Waals surface area contributed by atoms with Gasteiger partial charge in [0.2, 0.25) is 5.91 Å². The lowest BCUT2D eigenvalue weighted by Crippen LogP contribution is -2.54. The molecule has 4 nitrogen and oxygen atoms in total. The first-order valence-corrected chi connectivity index (χ1v) is 9.91. The maximum absolute atomic E-state index is 13.0. The van der Waals surface area contributed by atoms with Gasteiger partial charge in [0, 0.05) is 22.8 Å². The maximum atomic E-state index is 13.0. The molecule has 0 spiro atoms. The zero-order chi connectivity index (χ0) is 17.1. The summed E-state index contributed by atoms with van der Waals surface area (Å²) in [6.07, 6.45) is 6.36. The van der Waals surface area contributed by atoms with E-state index in [-0.39, 0.29) is 24.4 Å². The van der Waals surface area contributed by atoms with Crippen LogP contribution in [0, 0.1) is 0 Å². The fourth-order valence-corrected chi connectivity index (χ4v) is 5.23. The molecule has 0 radical (unpaired) electrons. The molecule has 2 atom stereocenters. The van der Waals surface area contributed by atoms with Crippen molar-refractivity contribution < 1.29 is 9.59 Å². The molecule has 2 fully saturated rings. The molecule has 1 N–H and O–H groups in total. The molecule has 24 heavy (non-hydrogen) atoms. The minimum absolute atomic E-state index is 0.0216. The summed E-state index contributed by atoms with van der Waals surface area (Å²) < 4.78 is 0.989. The molecule has 1 heterocycles. The minimum Gasteiger partial charge on any atom is -0.358 e. The van der Waals surface area contributed by atoms with Crippen molar-refractivity contribution in [2.24, 2.45) is 0 Å². The van der Waals surface area contributed by atoms with Gasteiger partial charge in [-0.1, -0.05) is 40.9 Å². The predicted molar refractivity (Wildman–Crippen MR) is 102 cm³/mol. The van der Waals surface area contributed by atoms with Crippen LogP contribution in [0.2, 0.25) is 0 Å². The van der Waals surface area contributed by atoms with Crippen LogP contribution in [0.15, 0.2) is 33.6 Å². The highest BCUT2D eigenvalue weighted by Gasteiger charge is 2.41. The summed E-state index contributed by atoms with van der Waals surface area (Å²) in [6, 6.07) is 8.08. The Hall–Kier alpha value is -1.27. The van der Waals surface area contributed by atoms with Crippen molar-refractivity contribution in [3.63, 3.8) is 0 Å². The van der Waals surface area contributed by atoms with Crippen molar-refractivity contribution >= 4 is 45.6 Å². The molecular formula is C18H21BrN2O2S. The van der Waals surface area contributed by atoms with Crippen LogP contribution in [0.5, 0.6) is 0 Å².